The lowest BCUT2D eigenvalue weighted by Crippen LogP contribution is -1.86. The van der Waals surface area contributed by atoms with Gasteiger partial charge in [0.25, 0.3) is 0 Å². The minimum atomic E-state index is 0.698. The van der Waals surface area contributed by atoms with Gasteiger partial charge in [-0.1, -0.05) is 6.92 Å². The predicted octanol–water partition coefficient (Wildman–Crippen LogP) is 0.915. The van der Waals surface area contributed by atoms with Crippen LogP contribution >= 0.6 is 0 Å². The fraction of sp³-hybridized carbons (Fsp3) is 0.286. The maximum atomic E-state index is 4.25. The highest BCUT2D eigenvalue weighted by Gasteiger charge is 1.98. The number of hydrogen-bond acceptors (Lipinski definition) is 3. The van der Waals surface area contributed by atoms with Gasteiger partial charge in [-0.25, -0.2) is 4.98 Å². The van der Waals surface area contributed by atoms with Gasteiger partial charge in [0.1, 0.15) is 5.52 Å². The Kier molecular flexibility index (Phi) is 1.31. The largest absolute Gasteiger partial charge is 0.230 e. The van der Waals surface area contributed by atoms with Crippen molar-refractivity contribution in [1.29, 1.82) is 0 Å². The van der Waals surface area contributed by atoms with Crippen LogP contribution in [0.3, 0.4) is 0 Å². The van der Waals surface area contributed by atoms with Crippen LogP contribution in [0.4, 0.5) is 0 Å². The zero-order chi connectivity index (χ0) is 7.68. The molecular weight excluding hydrogens is 140 g/mol. The molecule has 56 valence electrons. The zero-order valence-electron chi connectivity index (χ0n) is 6.20. The lowest BCUT2D eigenvalue weighted by molar-refractivity contribution is 0.950. The molecule has 0 amide bonds. The number of pyridine rings is 1. The number of aromatic amines is 1. The summed E-state index contributed by atoms with van der Waals surface area (Å²) in [7, 11) is 0. The molecule has 2 aromatic rings. The maximum Gasteiger partial charge on any atom is 0.201 e. The van der Waals surface area contributed by atoms with Crippen LogP contribution in [0.5, 0.6) is 0 Å². The van der Waals surface area contributed by atoms with Gasteiger partial charge in [-0.05, 0) is 18.6 Å². The molecule has 0 unspecified atom stereocenters. The Morgan fingerprint density at radius 1 is 1.36 bits per heavy atom. The van der Waals surface area contributed by atoms with E-state index in [1.807, 2.05) is 12.1 Å². The second kappa shape index (κ2) is 2.30. The van der Waals surface area contributed by atoms with Gasteiger partial charge in [0.05, 0.1) is 0 Å². The number of aryl methyl sites for hydroxylation is 1. The van der Waals surface area contributed by atoms with Crippen LogP contribution in [0.15, 0.2) is 12.1 Å². The first kappa shape index (κ1) is 6.27. The van der Waals surface area contributed by atoms with E-state index in [1.165, 1.54) is 0 Å². The third-order valence-electron chi connectivity index (χ3n) is 1.60. The van der Waals surface area contributed by atoms with Crippen LogP contribution in [0.2, 0.25) is 0 Å². The maximum absolute atomic E-state index is 4.25. The quantitative estimate of drug-likeness (QED) is 0.654. The van der Waals surface area contributed by atoms with E-state index in [4.69, 9.17) is 0 Å². The van der Waals surface area contributed by atoms with Gasteiger partial charge in [-0.2, -0.15) is 10.3 Å². The molecule has 2 rings (SSSR count). The summed E-state index contributed by atoms with van der Waals surface area (Å²) in [4.78, 5) is 4.25. The normalized spacial score (nSPS) is 10.6. The molecule has 1 N–H and O–H groups in total. The monoisotopic (exact) mass is 148 g/mol. The first-order valence-corrected chi connectivity index (χ1v) is 3.56. The Labute approximate surface area is 63.6 Å². The topological polar surface area (TPSA) is 54.5 Å². The first-order valence-electron chi connectivity index (χ1n) is 3.56. The Morgan fingerprint density at radius 2 is 2.27 bits per heavy atom. The smallest absolute Gasteiger partial charge is 0.201 e. The summed E-state index contributed by atoms with van der Waals surface area (Å²) < 4.78 is 0. The molecule has 0 atom stereocenters. The van der Waals surface area contributed by atoms with Crippen LogP contribution < -0.4 is 0 Å². The molecule has 0 aliphatic carbocycles. The molecule has 0 bridgehead atoms. The number of aromatic nitrogens is 4. The molecule has 0 saturated carbocycles. The number of H-pyrrole nitrogens is 1. The van der Waals surface area contributed by atoms with E-state index in [-0.39, 0.29) is 0 Å². The van der Waals surface area contributed by atoms with Gasteiger partial charge in [-0.15, -0.1) is 5.10 Å². The number of rotatable bonds is 1. The fourth-order valence-corrected chi connectivity index (χ4v) is 0.973. The van der Waals surface area contributed by atoms with E-state index in [2.05, 4.69) is 27.3 Å². The average Bonchev–Trinajstić information content (AvgIpc) is 2.50. The molecule has 0 radical (unpaired) electrons. The molecule has 0 aliphatic heterocycles. The van der Waals surface area contributed by atoms with Gasteiger partial charge in [0.2, 0.25) is 5.65 Å². The van der Waals surface area contributed by atoms with Crippen molar-refractivity contribution in [2.24, 2.45) is 0 Å². The summed E-state index contributed by atoms with van der Waals surface area (Å²) >= 11 is 0. The molecule has 0 spiro atoms. The second-order valence-corrected chi connectivity index (χ2v) is 2.32. The van der Waals surface area contributed by atoms with E-state index in [9.17, 15) is 0 Å². The summed E-state index contributed by atoms with van der Waals surface area (Å²) in [5.41, 5.74) is 2.57. The molecular formula is C7H8N4. The summed E-state index contributed by atoms with van der Waals surface area (Å²) in [5, 5.41) is 10.3. The van der Waals surface area contributed by atoms with Crippen molar-refractivity contribution in [2.75, 3.05) is 0 Å². The zero-order valence-corrected chi connectivity index (χ0v) is 6.20. The third kappa shape index (κ3) is 0.960. The number of nitrogens with one attached hydrogen (secondary N) is 1. The summed E-state index contributed by atoms with van der Waals surface area (Å²) in [6.07, 6.45) is 0.933. The van der Waals surface area contributed by atoms with E-state index in [0.717, 1.165) is 17.6 Å². The summed E-state index contributed by atoms with van der Waals surface area (Å²) in [6, 6.07) is 3.88. The van der Waals surface area contributed by atoms with Gasteiger partial charge in [0.15, 0.2) is 0 Å². The molecule has 0 aliphatic rings. The van der Waals surface area contributed by atoms with Crippen molar-refractivity contribution < 1.29 is 0 Å². The van der Waals surface area contributed by atoms with Crippen molar-refractivity contribution in [1.82, 2.24) is 20.4 Å². The predicted molar refractivity (Wildman–Crippen MR) is 41.1 cm³/mol. The van der Waals surface area contributed by atoms with E-state index >= 15 is 0 Å². The van der Waals surface area contributed by atoms with Crippen molar-refractivity contribution in [2.45, 2.75) is 13.3 Å². The molecule has 11 heavy (non-hydrogen) atoms. The molecule has 0 aromatic carbocycles. The minimum Gasteiger partial charge on any atom is -0.230 e. The lowest BCUT2D eigenvalue weighted by atomic mass is 10.3. The summed E-state index contributed by atoms with van der Waals surface area (Å²) in [5.74, 6) is 0. The van der Waals surface area contributed by atoms with Crippen LogP contribution in [0.1, 0.15) is 12.6 Å². The Morgan fingerprint density at radius 3 is 3.09 bits per heavy atom. The summed E-state index contributed by atoms with van der Waals surface area (Å²) in [6.45, 7) is 2.06. The number of fused-ring (bicyclic) bond motifs is 1. The molecule has 0 saturated heterocycles. The molecule has 2 heterocycles. The highest BCUT2D eigenvalue weighted by molar-refractivity contribution is 5.68. The van der Waals surface area contributed by atoms with Gasteiger partial charge < -0.3 is 0 Å². The Hall–Kier alpha value is -1.45. The van der Waals surface area contributed by atoms with Crippen LogP contribution in [-0.2, 0) is 6.42 Å². The number of hydrogen-bond donors (Lipinski definition) is 1. The fourth-order valence-electron chi connectivity index (χ4n) is 0.973. The number of nitrogens with zero attached hydrogens (tertiary/aromatic N) is 3. The van der Waals surface area contributed by atoms with Crippen molar-refractivity contribution in [3.05, 3.63) is 17.8 Å². The van der Waals surface area contributed by atoms with E-state index in [1.54, 1.807) is 0 Å². The van der Waals surface area contributed by atoms with Gasteiger partial charge in [-0.3, -0.25) is 0 Å². The molecule has 0 fully saturated rings. The standard InChI is InChI=1S/C7H8N4/c1-2-5-3-4-6-7(8-5)10-11-9-6/h3-4H,2H2,1H3,(H,8,9,10,11). The molecule has 2 aromatic heterocycles. The third-order valence-corrected chi connectivity index (χ3v) is 1.60. The van der Waals surface area contributed by atoms with Crippen LogP contribution in [0.25, 0.3) is 11.2 Å². The lowest BCUT2D eigenvalue weighted by Gasteiger charge is -1.91. The Balaban J connectivity index is 2.67. The van der Waals surface area contributed by atoms with Crippen molar-refractivity contribution in [3.8, 4) is 0 Å². The van der Waals surface area contributed by atoms with Crippen molar-refractivity contribution >= 4 is 11.2 Å². The van der Waals surface area contributed by atoms with E-state index in [0.29, 0.717) is 5.65 Å². The van der Waals surface area contributed by atoms with Gasteiger partial charge in [0, 0.05) is 5.69 Å². The molecule has 4 heteroatoms. The van der Waals surface area contributed by atoms with Crippen LogP contribution in [0, 0.1) is 0 Å². The average molecular weight is 148 g/mol. The second-order valence-electron chi connectivity index (χ2n) is 2.32. The first-order chi connectivity index (χ1) is 5.40. The van der Waals surface area contributed by atoms with E-state index < -0.39 is 0 Å². The minimum absolute atomic E-state index is 0.698. The van der Waals surface area contributed by atoms with Gasteiger partial charge >= 0.3 is 0 Å². The highest BCUT2D eigenvalue weighted by Crippen LogP contribution is 2.05. The molecule has 4 nitrogen and oxygen atoms in total. The SMILES string of the molecule is CCc1ccc2n[nH]nc2n1. The highest BCUT2D eigenvalue weighted by atomic mass is 15.3. The van der Waals surface area contributed by atoms with Crippen molar-refractivity contribution in [3.63, 3.8) is 0 Å². The van der Waals surface area contributed by atoms with Crippen LogP contribution in [-0.4, -0.2) is 20.4 Å². The Bertz CT molecular complexity index is 365.